The smallest absolute Gasteiger partial charge is 0.338 e. The first-order valence-corrected chi connectivity index (χ1v) is 11.3. The summed E-state index contributed by atoms with van der Waals surface area (Å²) in [7, 11) is 1.47. The second-order valence-corrected chi connectivity index (χ2v) is 8.65. The van der Waals surface area contributed by atoms with Crippen molar-refractivity contribution >= 4 is 23.4 Å². The first-order valence-electron chi connectivity index (χ1n) is 10.5. The van der Waals surface area contributed by atoms with Crippen molar-refractivity contribution in [2.45, 2.75) is 26.8 Å². The quantitative estimate of drug-likeness (QED) is 0.587. The fourth-order valence-corrected chi connectivity index (χ4v) is 4.85. The first-order chi connectivity index (χ1) is 15.8. The molecule has 0 unspecified atom stereocenters. The minimum atomic E-state index is -0.646. The van der Waals surface area contributed by atoms with E-state index in [1.54, 1.807) is 36.6 Å². The number of phenolic OH excluding ortho intramolecular Hbond substituents is 1. The van der Waals surface area contributed by atoms with E-state index in [9.17, 15) is 14.7 Å². The van der Waals surface area contributed by atoms with Crippen LogP contribution in [0.4, 0.5) is 0 Å². The van der Waals surface area contributed by atoms with E-state index in [0.29, 0.717) is 31.9 Å². The predicted octanol–water partition coefficient (Wildman–Crippen LogP) is 2.82. The average Bonchev–Trinajstić information content (AvgIpc) is 3.08. The van der Waals surface area contributed by atoms with E-state index in [2.05, 4.69) is 4.99 Å². The van der Waals surface area contributed by atoms with Crippen LogP contribution >= 0.6 is 11.3 Å². The Balaban J connectivity index is 1.93. The number of carbonyl (C=O) groups is 1. The monoisotopic (exact) mass is 464 g/mol. The molecular formula is C25H24N2O5S. The number of allylic oxidation sites excluding steroid dienone is 1. The maximum Gasteiger partial charge on any atom is 0.338 e. The van der Waals surface area contributed by atoms with Crippen LogP contribution in [0.2, 0.25) is 0 Å². The third-order valence-electron chi connectivity index (χ3n) is 5.41. The molecular weight excluding hydrogens is 440 g/mol. The Labute approximate surface area is 194 Å². The van der Waals surface area contributed by atoms with Gasteiger partial charge in [-0.25, -0.2) is 9.79 Å². The van der Waals surface area contributed by atoms with Gasteiger partial charge in [-0.15, -0.1) is 0 Å². The summed E-state index contributed by atoms with van der Waals surface area (Å²) in [5.74, 6) is -0.154. The summed E-state index contributed by atoms with van der Waals surface area (Å²) in [6.45, 7) is 5.70. The van der Waals surface area contributed by atoms with Crippen molar-refractivity contribution in [3.8, 4) is 11.5 Å². The Morgan fingerprint density at radius 2 is 1.94 bits per heavy atom. The number of methoxy groups -OCH3 is 1. The molecule has 1 aliphatic heterocycles. The molecule has 0 bridgehead atoms. The number of benzene rings is 2. The van der Waals surface area contributed by atoms with E-state index in [1.165, 1.54) is 24.5 Å². The summed E-state index contributed by atoms with van der Waals surface area (Å²) in [6, 6.07) is 12.0. The van der Waals surface area contributed by atoms with E-state index in [-0.39, 0.29) is 17.9 Å². The Morgan fingerprint density at radius 3 is 2.58 bits per heavy atom. The molecule has 0 spiro atoms. The maximum atomic E-state index is 13.5. The van der Waals surface area contributed by atoms with E-state index >= 15 is 0 Å². The zero-order valence-corrected chi connectivity index (χ0v) is 19.6. The van der Waals surface area contributed by atoms with Crippen molar-refractivity contribution in [2.24, 2.45) is 4.99 Å². The van der Waals surface area contributed by atoms with Crippen molar-refractivity contribution in [2.75, 3.05) is 13.7 Å². The maximum absolute atomic E-state index is 13.5. The van der Waals surface area contributed by atoms with Crippen molar-refractivity contribution in [1.82, 2.24) is 4.57 Å². The number of thiazole rings is 1. The Morgan fingerprint density at radius 1 is 1.21 bits per heavy atom. The number of aryl methyl sites for hydroxylation is 1. The van der Waals surface area contributed by atoms with Crippen LogP contribution in [-0.4, -0.2) is 29.4 Å². The van der Waals surface area contributed by atoms with Crippen molar-refractivity contribution in [1.29, 1.82) is 0 Å². The van der Waals surface area contributed by atoms with Crippen LogP contribution in [0.1, 0.15) is 36.6 Å². The number of aromatic hydroxyl groups is 1. The van der Waals surface area contributed by atoms with E-state index in [4.69, 9.17) is 9.47 Å². The van der Waals surface area contributed by atoms with Gasteiger partial charge in [0, 0.05) is 0 Å². The Bertz CT molecular complexity index is 1430. The number of nitrogens with zero attached hydrogens (tertiary/aromatic N) is 2. The molecule has 1 N–H and O–H groups in total. The highest BCUT2D eigenvalue weighted by Gasteiger charge is 2.33. The van der Waals surface area contributed by atoms with Gasteiger partial charge in [-0.3, -0.25) is 9.36 Å². The summed E-state index contributed by atoms with van der Waals surface area (Å²) in [5.41, 5.74) is 3.12. The minimum absolute atomic E-state index is 0.0167. The Hall–Kier alpha value is -3.65. The molecule has 3 aromatic rings. The average molecular weight is 465 g/mol. The van der Waals surface area contributed by atoms with Gasteiger partial charge < -0.3 is 14.6 Å². The second-order valence-electron chi connectivity index (χ2n) is 7.64. The summed E-state index contributed by atoms with van der Waals surface area (Å²) < 4.78 is 12.4. The van der Waals surface area contributed by atoms with Crippen LogP contribution in [0.25, 0.3) is 6.08 Å². The third kappa shape index (κ3) is 4.21. The van der Waals surface area contributed by atoms with E-state index in [0.717, 1.165) is 11.1 Å². The van der Waals surface area contributed by atoms with E-state index < -0.39 is 12.0 Å². The molecule has 33 heavy (non-hydrogen) atoms. The third-order valence-corrected chi connectivity index (χ3v) is 6.39. The lowest BCUT2D eigenvalue weighted by atomic mass is 9.95. The van der Waals surface area contributed by atoms with Gasteiger partial charge in [0.2, 0.25) is 0 Å². The van der Waals surface area contributed by atoms with Crippen molar-refractivity contribution in [3.63, 3.8) is 0 Å². The molecule has 0 fully saturated rings. The van der Waals surface area contributed by atoms with Gasteiger partial charge in [0.05, 0.1) is 35.6 Å². The van der Waals surface area contributed by atoms with Crippen LogP contribution in [0, 0.1) is 6.92 Å². The number of ether oxygens (including phenoxy) is 2. The summed E-state index contributed by atoms with van der Waals surface area (Å²) in [4.78, 5) is 31.5. The highest BCUT2D eigenvalue weighted by molar-refractivity contribution is 7.07. The lowest BCUT2D eigenvalue weighted by Gasteiger charge is -2.24. The number of carbonyl (C=O) groups excluding carboxylic acids is 1. The zero-order chi connectivity index (χ0) is 23.7. The molecule has 0 amide bonds. The Kier molecular flexibility index (Phi) is 6.20. The molecule has 0 radical (unpaired) electrons. The van der Waals surface area contributed by atoms with Crippen LogP contribution in [0.3, 0.4) is 0 Å². The van der Waals surface area contributed by atoms with Gasteiger partial charge in [0.15, 0.2) is 16.3 Å². The van der Waals surface area contributed by atoms with Gasteiger partial charge in [-0.1, -0.05) is 47.2 Å². The molecule has 1 aliphatic rings. The second kappa shape index (κ2) is 9.07. The minimum Gasteiger partial charge on any atom is -0.504 e. The molecule has 1 aromatic heterocycles. The normalized spacial score (nSPS) is 15.8. The number of hydrogen-bond donors (Lipinski definition) is 1. The van der Waals surface area contributed by atoms with Gasteiger partial charge >= 0.3 is 5.97 Å². The lowest BCUT2D eigenvalue weighted by Crippen LogP contribution is -2.39. The fourth-order valence-electron chi connectivity index (χ4n) is 3.80. The molecule has 2 heterocycles. The SMILES string of the molecule is CCOC(=O)C1=C(C)N=c2s/c(=C\c3ccc(OC)c(O)c3)c(=O)n2[C@H]1c1ccc(C)cc1. The number of aromatic nitrogens is 1. The van der Waals surface area contributed by atoms with Crippen LogP contribution < -0.4 is 19.6 Å². The number of phenols is 1. The molecule has 0 aliphatic carbocycles. The number of rotatable bonds is 5. The standard InChI is InChI=1S/C25H24N2O5S/c1-5-32-24(30)21-15(3)26-25-27(22(21)17-9-6-14(2)7-10-17)23(29)20(33-25)13-16-8-11-19(31-4)18(28)12-16/h6-13,22,28H,5H2,1-4H3/b20-13-/t22-/m0/s1. The molecule has 0 saturated heterocycles. The molecule has 7 nitrogen and oxygen atoms in total. The fraction of sp³-hybridized carbons (Fsp3) is 0.240. The molecule has 8 heteroatoms. The highest BCUT2D eigenvalue weighted by atomic mass is 32.1. The van der Waals surface area contributed by atoms with Crippen LogP contribution in [-0.2, 0) is 9.53 Å². The van der Waals surface area contributed by atoms with Gasteiger partial charge in [-0.05, 0) is 50.1 Å². The molecule has 1 atom stereocenters. The number of esters is 1. The van der Waals surface area contributed by atoms with Crippen LogP contribution in [0.15, 0.2) is 63.5 Å². The largest absolute Gasteiger partial charge is 0.504 e. The predicted molar refractivity (Wildman–Crippen MR) is 126 cm³/mol. The molecule has 4 rings (SSSR count). The topological polar surface area (TPSA) is 90.1 Å². The van der Waals surface area contributed by atoms with E-state index in [1.807, 2.05) is 31.2 Å². The summed E-state index contributed by atoms with van der Waals surface area (Å²) >= 11 is 1.23. The van der Waals surface area contributed by atoms with Gasteiger partial charge in [-0.2, -0.15) is 0 Å². The molecule has 2 aromatic carbocycles. The lowest BCUT2D eigenvalue weighted by molar-refractivity contribution is -0.139. The van der Waals surface area contributed by atoms with Gasteiger partial charge in [0.25, 0.3) is 5.56 Å². The summed E-state index contributed by atoms with van der Waals surface area (Å²) in [5, 5.41) is 10.1. The zero-order valence-electron chi connectivity index (χ0n) is 18.8. The molecule has 0 saturated carbocycles. The van der Waals surface area contributed by atoms with Crippen molar-refractivity contribution < 1.29 is 19.4 Å². The van der Waals surface area contributed by atoms with Crippen LogP contribution in [0.5, 0.6) is 11.5 Å². The van der Waals surface area contributed by atoms with Crippen molar-refractivity contribution in [3.05, 3.63) is 90.1 Å². The first kappa shape index (κ1) is 22.5. The number of fused-ring (bicyclic) bond motifs is 1. The number of hydrogen-bond acceptors (Lipinski definition) is 7. The highest BCUT2D eigenvalue weighted by Crippen LogP contribution is 2.31. The summed E-state index contributed by atoms with van der Waals surface area (Å²) in [6.07, 6.45) is 1.69. The van der Waals surface area contributed by atoms with Gasteiger partial charge in [0.1, 0.15) is 0 Å². The molecule has 170 valence electrons.